The molecule has 0 spiro atoms. The van der Waals surface area contributed by atoms with Crippen LogP contribution in [-0.4, -0.2) is 22.5 Å². The van der Waals surface area contributed by atoms with E-state index in [1.165, 1.54) is 0 Å². The van der Waals surface area contributed by atoms with Gasteiger partial charge in [0.25, 0.3) is 0 Å². The van der Waals surface area contributed by atoms with Gasteiger partial charge in [-0.25, -0.2) is 9.19 Å². The third kappa shape index (κ3) is 3.96. The smallest absolute Gasteiger partial charge is 0.312 e. The number of hydrogen-bond donors (Lipinski definition) is 1. The average molecular weight is 228 g/mol. The van der Waals surface area contributed by atoms with Crippen LogP contribution in [0.3, 0.4) is 0 Å². The van der Waals surface area contributed by atoms with Crippen molar-refractivity contribution in [2.45, 2.75) is 38.6 Å². The molecule has 1 N–H and O–H groups in total. The molecule has 0 radical (unpaired) electrons. The summed E-state index contributed by atoms with van der Waals surface area (Å²) in [6.45, 7) is -1.17. The zero-order valence-corrected chi connectivity index (χ0v) is 9.30. The largest absolute Gasteiger partial charge is 0.438 e. The second-order valence-electron chi connectivity index (χ2n) is 3.23. The van der Waals surface area contributed by atoms with E-state index in [0.29, 0.717) is 6.54 Å². The van der Waals surface area contributed by atoms with Crippen LogP contribution < -0.4 is 0 Å². The molecule has 0 amide bonds. The van der Waals surface area contributed by atoms with E-state index >= 15 is 0 Å². The van der Waals surface area contributed by atoms with Crippen LogP contribution in [0.4, 0.5) is 0 Å². The highest BCUT2D eigenvalue weighted by Crippen LogP contribution is 2.49. The first-order valence-corrected chi connectivity index (χ1v) is 7.00. The molecule has 0 saturated carbocycles. The third-order valence-electron chi connectivity index (χ3n) is 2.25. The second-order valence-corrected chi connectivity index (χ2v) is 5.58. The van der Waals surface area contributed by atoms with Crippen LogP contribution in [0.15, 0.2) is 0 Å². The molecule has 0 aromatic rings. The number of rotatable bonds is 3. The maximum absolute atomic E-state index is 10.8. The van der Waals surface area contributed by atoms with Crippen molar-refractivity contribution < 1.29 is 14.1 Å². The van der Waals surface area contributed by atoms with Gasteiger partial charge in [0.15, 0.2) is 0 Å². The third-order valence-corrected chi connectivity index (χ3v) is 2.85. The van der Waals surface area contributed by atoms with Crippen molar-refractivity contribution in [3.05, 3.63) is 0 Å². The molecule has 1 rings (SSSR count). The summed E-state index contributed by atoms with van der Waals surface area (Å²) in [6.07, 6.45) is 4.06. The Morgan fingerprint density at radius 3 is 2.92 bits per heavy atom. The summed E-state index contributed by atoms with van der Waals surface area (Å²) < 4.78 is 15.6. The first-order chi connectivity index (χ1) is 6.03. The van der Waals surface area contributed by atoms with Crippen LogP contribution in [-0.2, 0) is 9.19 Å². The Kier molecular flexibility index (Phi) is 4.20. The summed E-state index contributed by atoms with van der Waals surface area (Å²) >= 11 is 5.14. The van der Waals surface area contributed by atoms with Crippen LogP contribution in [0.25, 0.3) is 0 Å². The van der Waals surface area contributed by atoms with Gasteiger partial charge in [0, 0.05) is 23.8 Å². The monoisotopic (exact) mass is 227 g/mol. The Morgan fingerprint density at radius 1 is 1.69 bits per heavy atom. The Hall–Kier alpha value is 0.400. The molecule has 0 aliphatic carbocycles. The van der Waals surface area contributed by atoms with E-state index in [1.54, 1.807) is 5.06 Å². The van der Waals surface area contributed by atoms with E-state index in [0.717, 1.165) is 25.7 Å². The molecule has 0 aromatic heterocycles. The molecule has 4 nitrogen and oxygen atoms in total. The van der Waals surface area contributed by atoms with Crippen molar-refractivity contribution in [2.24, 2.45) is 0 Å². The van der Waals surface area contributed by atoms with Crippen molar-refractivity contribution >= 4 is 18.2 Å². The standard InChI is InChI=1S/C7H15ClNO3P/c1-2-7-5-3-4-6-9(7)12-13(8,10)11/h7H,2-6H2,1H3,(H,10,11). The molecular formula is C7H15ClNO3P. The van der Waals surface area contributed by atoms with E-state index in [2.05, 4.69) is 0 Å². The molecule has 1 saturated heterocycles. The Balaban J connectivity index is 2.50. The maximum Gasteiger partial charge on any atom is 0.438 e. The van der Waals surface area contributed by atoms with Gasteiger partial charge < -0.3 is 4.89 Å². The fraction of sp³-hybridized carbons (Fsp3) is 1.00. The van der Waals surface area contributed by atoms with Crippen molar-refractivity contribution in [3.63, 3.8) is 0 Å². The average Bonchev–Trinajstić information content (AvgIpc) is 2.02. The van der Waals surface area contributed by atoms with Gasteiger partial charge >= 0.3 is 6.95 Å². The van der Waals surface area contributed by atoms with E-state index < -0.39 is 6.95 Å². The zero-order chi connectivity index (χ0) is 9.90. The van der Waals surface area contributed by atoms with E-state index in [1.807, 2.05) is 6.92 Å². The lowest BCUT2D eigenvalue weighted by Gasteiger charge is -2.33. The van der Waals surface area contributed by atoms with E-state index in [9.17, 15) is 4.57 Å². The van der Waals surface area contributed by atoms with Crippen LogP contribution in [0.2, 0.25) is 0 Å². The van der Waals surface area contributed by atoms with Crippen molar-refractivity contribution in [2.75, 3.05) is 6.54 Å². The minimum atomic E-state index is -3.89. The highest BCUT2D eigenvalue weighted by Gasteiger charge is 2.28. The van der Waals surface area contributed by atoms with Gasteiger partial charge in [-0.1, -0.05) is 13.3 Å². The number of halogens is 1. The highest BCUT2D eigenvalue weighted by molar-refractivity contribution is 7.80. The van der Waals surface area contributed by atoms with Crippen LogP contribution in [0.5, 0.6) is 0 Å². The van der Waals surface area contributed by atoms with Crippen molar-refractivity contribution in [1.29, 1.82) is 0 Å². The SMILES string of the molecule is CCC1CCCCN1OP(=O)(O)Cl. The molecule has 2 unspecified atom stereocenters. The van der Waals surface area contributed by atoms with E-state index in [4.69, 9.17) is 20.8 Å². The Bertz CT molecular complexity index is 208. The first-order valence-electron chi connectivity index (χ1n) is 4.51. The Morgan fingerprint density at radius 2 is 2.38 bits per heavy atom. The minimum Gasteiger partial charge on any atom is -0.312 e. The fourth-order valence-corrected chi connectivity index (χ4v) is 2.33. The molecular weight excluding hydrogens is 213 g/mol. The molecule has 13 heavy (non-hydrogen) atoms. The predicted octanol–water partition coefficient (Wildman–Crippen LogP) is 2.52. The van der Waals surface area contributed by atoms with Gasteiger partial charge in [-0.2, -0.15) is 5.06 Å². The lowest BCUT2D eigenvalue weighted by atomic mass is 10.0. The van der Waals surface area contributed by atoms with Gasteiger partial charge in [-0.05, 0) is 19.3 Å². The lowest BCUT2D eigenvalue weighted by Crippen LogP contribution is -2.37. The second kappa shape index (κ2) is 4.76. The zero-order valence-electron chi connectivity index (χ0n) is 7.65. The highest BCUT2D eigenvalue weighted by atomic mass is 35.7. The van der Waals surface area contributed by atoms with Crippen LogP contribution in [0, 0.1) is 0 Å². The minimum absolute atomic E-state index is 0.230. The van der Waals surface area contributed by atoms with Gasteiger partial charge in [-0.3, -0.25) is 0 Å². The fourth-order valence-electron chi connectivity index (χ4n) is 1.62. The molecule has 2 atom stereocenters. The quantitative estimate of drug-likeness (QED) is 0.753. The summed E-state index contributed by atoms with van der Waals surface area (Å²) in [7, 11) is 0. The molecule has 78 valence electrons. The summed E-state index contributed by atoms with van der Waals surface area (Å²) in [5.74, 6) is 0. The topological polar surface area (TPSA) is 49.8 Å². The lowest BCUT2D eigenvalue weighted by molar-refractivity contribution is -0.116. The normalized spacial score (nSPS) is 29.9. The maximum atomic E-state index is 10.8. The van der Waals surface area contributed by atoms with Crippen molar-refractivity contribution in [3.8, 4) is 0 Å². The Labute approximate surface area is 83.1 Å². The summed E-state index contributed by atoms with van der Waals surface area (Å²) in [6, 6.07) is 0.230. The summed E-state index contributed by atoms with van der Waals surface area (Å²) in [5, 5.41) is 1.55. The molecule has 0 aromatic carbocycles. The van der Waals surface area contributed by atoms with Gasteiger partial charge in [-0.15, -0.1) is 0 Å². The number of nitrogens with zero attached hydrogens (tertiary/aromatic N) is 1. The summed E-state index contributed by atoms with van der Waals surface area (Å²) in [5.41, 5.74) is 0. The first kappa shape index (κ1) is 11.5. The van der Waals surface area contributed by atoms with Gasteiger partial charge in [0.1, 0.15) is 0 Å². The predicted molar refractivity (Wildman–Crippen MR) is 51.4 cm³/mol. The number of hydrogen-bond acceptors (Lipinski definition) is 3. The molecule has 1 aliphatic heterocycles. The molecule has 1 aliphatic rings. The van der Waals surface area contributed by atoms with Crippen LogP contribution >= 0.6 is 18.2 Å². The molecule has 1 fully saturated rings. The molecule has 0 bridgehead atoms. The van der Waals surface area contributed by atoms with Gasteiger partial charge in [0.2, 0.25) is 0 Å². The molecule has 6 heteroatoms. The number of hydroxylamine groups is 2. The van der Waals surface area contributed by atoms with Crippen LogP contribution in [0.1, 0.15) is 32.6 Å². The summed E-state index contributed by atoms with van der Waals surface area (Å²) in [4.78, 5) is 8.84. The van der Waals surface area contributed by atoms with E-state index in [-0.39, 0.29) is 6.04 Å². The van der Waals surface area contributed by atoms with Crippen molar-refractivity contribution in [1.82, 2.24) is 5.06 Å². The van der Waals surface area contributed by atoms with Gasteiger partial charge in [0.05, 0.1) is 0 Å². The molecule has 1 heterocycles. The number of piperidine rings is 1.